The third-order valence-electron chi connectivity index (χ3n) is 12.9. The van der Waals surface area contributed by atoms with E-state index in [0.717, 1.165) is 81.5 Å². The van der Waals surface area contributed by atoms with Crippen LogP contribution in [0.5, 0.6) is 17.5 Å². The number of aryl methyl sites for hydroxylation is 1. The van der Waals surface area contributed by atoms with E-state index in [1.54, 1.807) is 19.2 Å². The van der Waals surface area contributed by atoms with E-state index in [4.69, 9.17) is 123 Å². The van der Waals surface area contributed by atoms with Crippen LogP contribution in [0, 0.1) is 35.3 Å². The van der Waals surface area contributed by atoms with Gasteiger partial charge in [-0.15, -0.1) is 0 Å². The van der Waals surface area contributed by atoms with Gasteiger partial charge in [0.2, 0.25) is 17.2 Å². The lowest BCUT2D eigenvalue weighted by Crippen LogP contribution is -2.46. The average Bonchev–Trinajstić information content (AvgIpc) is 1.58. The molecule has 3 aliphatic carbocycles. The fourth-order valence-corrected chi connectivity index (χ4v) is 10.0. The summed E-state index contributed by atoms with van der Waals surface area (Å²) in [6, 6.07) is 6.91. The van der Waals surface area contributed by atoms with Crippen LogP contribution in [0.1, 0.15) is 106 Å². The van der Waals surface area contributed by atoms with Crippen LogP contribution in [0.3, 0.4) is 0 Å². The molecule has 0 radical (unpaired) electrons. The van der Waals surface area contributed by atoms with Gasteiger partial charge in [-0.05, 0) is 109 Å². The largest absolute Gasteiger partial charge is 0.505 e. The van der Waals surface area contributed by atoms with Crippen molar-refractivity contribution in [1.29, 1.82) is 0 Å². The van der Waals surface area contributed by atoms with Crippen LogP contribution in [-0.4, -0.2) is 95.3 Å². The highest BCUT2D eigenvalue weighted by molar-refractivity contribution is 6.34. The topological polar surface area (TPSA) is 280 Å². The number of H-pyrrole nitrogens is 1. The summed E-state index contributed by atoms with van der Waals surface area (Å²) in [4.78, 5) is 37.9. The Morgan fingerprint density at radius 2 is 1.58 bits per heavy atom. The molecule has 7 heterocycles. The molecule has 0 spiro atoms. The Kier molecular flexibility index (Phi) is 7.99. The van der Waals surface area contributed by atoms with Crippen molar-refractivity contribution in [2.45, 2.75) is 52.1 Å². The number of nitrogens with one attached hydrogen (secondary N) is 3. The fourth-order valence-electron chi connectivity index (χ4n) is 9.52. The van der Waals surface area contributed by atoms with Gasteiger partial charge in [-0.25, -0.2) is 38.7 Å². The van der Waals surface area contributed by atoms with E-state index < -0.39 is 0 Å². The van der Waals surface area contributed by atoms with E-state index in [2.05, 4.69) is 55.4 Å². The quantitative estimate of drug-likeness (QED) is 0.0587. The Hall–Kier alpha value is -6.32. The third kappa shape index (κ3) is 9.62. The number of hydrogen-bond donors (Lipinski definition) is 8. The summed E-state index contributed by atoms with van der Waals surface area (Å²) in [5.74, 6) is 3.62. The number of nitrogen functional groups attached to an aromatic ring is 2. The molecule has 4 fully saturated rings. The molecule has 2 saturated carbocycles. The van der Waals surface area contributed by atoms with E-state index in [0.29, 0.717) is 47.7 Å². The normalized spacial score (nSPS) is 23.9. The summed E-state index contributed by atoms with van der Waals surface area (Å²) in [7, 11) is 1.75. The lowest BCUT2D eigenvalue weighted by molar-refractivity contribution is 0.194. The smallest absolute Gasteiger partial charge is 0.326 e. The maximum atomic E-state index is 14.4. The summed E-state index contributed by atoms with van der Waals surface area (Å²) < 4.78 is 244. The van der Waals surface area contributed by atoms with Crippen LogP contribution in [0.4, 0.5) is 32.2 Å². The first-order valence-corrected chi connectivity index (χ1v) is 22.2. The van der Waals surface area contributed by atoms with Crippen molar-refractivity contribution in [3.63, 3.8) is 0 Å². The van der Waals surface area contributed by atoms with Gasteiger partial charge in [-0.2, -0.15) is 9.97 Å². The number of aromatic nitrogens is 9. The zero-order valence-electron chi connectivity index (χ0n) is 77.9. The molecule has 5 aromatic heterocycles. The molecule has 12 N–H and O–H groups in total. The minimum absolute atomic E-state index is 0. The van der Waals surface area contributed by atoms with Gasteiger partial charge in [-0.3, -0.25) is 0 Å². The van der Waals surface area contributed by atoms with Crippen molar-refractivity contribution in [3.05, 3.63) is 87.9 Å². The number of ether oxygens (including phenoxy) is 1. The Morgan fingerprint density at radius 1 is 0.896 bits per heavy atom. The predicted octanol–water partition coefficient (Wildman–Crippen LogP) is 11.4. The Labute approximate surface area is 459 Å². The number of benzene rings is 2. The minimum Gasteiger partial charge on any atom is -0.505 e. The van der Waals surface area contributed by atoms with Crippen LogP contribution in [0.2, 0.25) is 10.4 Å². The van der Waals surface area contributed by atoms with Gasteiger partial charge in [0.25, 0.3) is 0 Å². The van der Waals surface area contributed by atoms with Crippen molar-refractivity contribution in [3.8, 4) is 28.6 Å². The zero-order valence-corrected chi connectivity index (χ0v) is 37.5. The number of aromatic amines is 1. The van der Waals surface area contributed by atoms with Crippen LogP contribution in [0.25, 0.3) is 33.1 Å². The Bertz CT molecular complexity index is 3000. The van der Waals surface area contributed by atoms with Crippen molar-refractivity contribution >= 4 is 68.5 Å². The number of rotatable bonds is 5. The highest BCUT2D eigenvalue weighted by Crippen LogP contribution is 2.45. The monoisotopic (exact) mass is 1040 g/mol. The SMILES string of the molecule is C.CCc1cc(F)cc2c1[nH]c1nc(Oc3cnc(N)nc3)nc(N3C[C@H]4C[C@@H](N)[C@H]4C3)c12.CNc1cc(F)cc2c1Cc1nc(Cl)nc(Cl)c1-2.N[C@@H]1C[C@@H]2CNC[C@@H]21.Nc1ncc(O)cn1.[2H][2H].[2H][2H].[2H][2H].[2H][2H].[2H][2H].[2H][2H].[2H][2H].[2H][2H].[2H][2H].[2H][2H].[2H][2H].[2H][2H].[2H][2H].[2H][2H].[2H][2H].[2H][2H].[2H][2H].[2H][2H].[2H][2H].[2H][2H].[2H][2H]. The van der Waals surface area contributed by atoms with Gasteiger partial charge in [0.05, 0.1) is 41.4 Å². The highest BCUT2D eigenvalue weighted by atomic mass is 35.5. The first-order valence-electron chi connectivity index (χ1n) is 42.5. The van der Waals surface area contributed by atoms with Crippen LogP contribution >= 0.6 is 23.2 Å². The second kappa shape index (κ2) is 19.5. The number of nitrogens with zero attached hydrogens (tertiary/aromatic N) is 9. The first kappa shape index (κ1) is 27.5. The van der Waals surface area contributed by atoms with Crippen molar-refractivity contribution in [2.75, 3.05) is 54.9 Å². The Morgan fingerprint density at radius 3 is 2.21 bits per heavy atom. The van der Waals surface area contributed by atoms with Gasteiger partial charge < -0.3 is 53.3 Å². The molecule has 2 aromatic carbocycles. The average molecular weight is 1040 g/mol. The molecule has 2 saturated heterocycles. The summed E-state index contributed by atoms with van der Waals surface area (Å²) in [5.41, 5.74) is 28.8. The van der Waals surface area contributed by atoms with Crippen LogP contribution < -0.4 is 43.2 Å². The van der Waals surface area contributed by atoms with E-state index in [9.17, 15) is 8.78 Å². The molecule has 0 bridgehead atoms. The summed E-state index contributed by atoms with van der Waals surface area (Å²) in [6.07, 6.45) is 8.97. The Balaban J connectivity index is -0.0000000843. The molecule has 5 aliphatic rings. The second-order valence-electron chi connectivity index (χ2n) is 16.9. The van der Waals surface area contributed by atoms with Gasteiger partial charge in [0.1, 0.15) is 28.3 Å². The second-order valence-corrected chi connectivity index (χ2v) is 17.6. The van der Waals surface area contributed by atoms with Crippen molar-refractivity contribution in [2.24, 2.45) is 35.1 Å². The molecular formula is C45H94Cl2F2N16O2. The number of aromatic hydroxyl groups is 1. The molecule has 2 aliphatic heterocycles. The maximum absolute atomic E-state index is 14.4. The van der Waals surface area contributed by atoms with Gasteiger partial charge in [0, 0.05) is 118 Å². The molecule has 12 rings (SSSR count). The molecule has 394 valence electrons. The molecule has 22 heteroatoms. The molecule has 6 atom stereocenters. The lowest BCUT2D eigenvalue weighted by Gasteiger charge is -2.36. The molecule has 0 amide bonds. The number of halogens is 4. The first-order chi connectivity index (χ1) is 52.8. The fraction of sp³-hybridized carbons (Fsp3) is 0.378. The van der Waals surface area contributed by atoms with E-state index in [1.165, 1.54) is 56.4 Å². The molecular weight excluding hydrogens is 906 g/mol. The molecule has 7 aromatic rings. The number of hydrogen-bond acceptors (Lipinski definition) is 17. The molecule has 0 unspecified atom stereocenters. The van der Waals surface area contributed by atoms with E-state index in [-0.39, 0.29) is 59.2 Å². The van der Waals surface area contributed by atoms with E-state index in [1.807, 2.05) is 6.92 Å². The number of anilines is 4. The van der Waals surface area contributed by atoms with Gasteiger partial charge in [-0.1, -0.05) is 26.0 Å². The maximum Gasteiger partial charge on any atom is 0.326 e. The number of nitrogens with two attached hydrogens (primary N) is 4. The third-order valence-corrected chi connectivity index (χ3v) is 13.3. The molecule has 18 nitrogen and oxygen atoms in total. The van der Waals surface area contributed by atoms with Crippen LogP contribution in [-0.2, 0) is 12.8 Å². The summed E-state index contributed by atoms with van der Waals surface area (Å²) in [5, 5.41) is 16.8. The highest BCUT2D eigenvalue weighted by Gasteiger charge is 2.46. The van der Waals surface area contributed by atoms with E-state index >= 15 is 0 Å². The summed E-state index contributed by atoms with van der Waals surface area (Å²) >= 11 is 11.9. The van der Waals surface area contributed by atoms with Gasteiger partial charge in [0.15, 0.2) is 11.5 Å². The van der Waals surface area contributed by atoms with Crippen molar-refractivity contribution in [1.82, 2.24) is 50.2 Å². The molecule has 67 heavy (non-hydrogen) atoms. The summed E-state index contributed by atoms with van der Waals surface area (Å²) in [6.45, 7) is 6.06. The standard InChI is InChI=1S/C22H23FN8O.C12H8Cl2FN3.C6H12N2.C4H5N3O.CH4.21H2/c1-2-10-3-12(23)5-14-17-19(28-18(10)14)29-22(32-13-6-26-21(25)27-7-13)30-20(17)31-8-11-4-16(24)15(11)9-31;1-16-8-3-5(15)2-7-6(8)4-9-10(7)11(13)18-12(14)17-9;7-6-1-4-2-8-3-5(4)6;5-4-6-1-3(8)2-7-4;;;;;;;;;;;;;;;;;;;;;;/h3,5-7,11,15-16H,2,4,8-9,24H2,1H3,(H2,25,26,27)(H,28,29,30);2-3,16H,4H2,1H3;4-6,8H,1-3,7H2;1-2,8H,(H2,5,6,7);1H4;21*1H/t11-,15+,16-;;4-,5+,6-;;;;;;;;;;;;;;;;;;;;;;;/m1.1......................./s1/i;;;;;21*1+1D. The number of fused-ring (bicyclic) bond motifs is 8. The van der Waals surface area contributed by atoms with Crippen LogP contribution in [0.15, 0.2) is 49.1 Å². The minimum atomic E-state index is -0.322. The zero-order chi connectivity index (χ0) is 88.4. The lowest BCUT2D eigenvalue weighted by atomic mass is 9.72. The van der Waals surface area contributed by atoms with Gasteiger partial charge >= 0.3 is 6.01 Å². The predicted molar refractivity (Wildman–Crippen MR) is 301 cm³/mol. The van der Waals surface area contributed by atoms with Crippen molar-refractivity contribution < 1.29 is 81.0 Å².